The minimum Gasteiger partial charge on any atom is -0.395 e. The fraction of sp³-hybridized carbons (Fsp3) is 0.714. The SMILES string of the molecule is C=C([Si](CC)(OC)OC)[Si](C)(C)C(=C)[Si](CC)(OC)OC. The molecule has 0 aliphatic carbocycles. The Morgan fingerprint density at radius 2 is 0.952 bits per heavy atom. The highest BCUT2D eigenvalue weighted by molar-refractivity contribution is 7.12. The van der Waals surface area contributed by atoms with Crippen LogP contribution in [-0.2, 0) is 17.7 Å². The molecular weight excluding hydrogens is 316 g/mol. The minimum absolute atomic E-state index is 0.836. The Morgan fingerprint density at radius 3 is 1.10 bits per heavy atom. The highest BCUT2D eigenvalue weighted by Crippen LogP contribution is 2.37. The summed E-state index contributed by atoms with van der Waals surface area (Å²) in [6, 6.07) is 1.67. The largest absolute Gasteiger partial charge is 0.395 e. The van der Waals surface area contributed by atoms with Gasteiger partial charge in [-0.1, -0.05) is 26.9 Å². The molecule has 0 aliphatic heterocycles. The van der Waals surface area contributed by atoms with Gasteiger partial charge in [-0.05, 0) is 21.7 Å². The molecule has 0 N–H and O–H groups in total. The lowest BCUT2D eigenvalue weighted by Gasteiger charge is -2.42. The second-order valence-corrected chi connectivity index (χ2v) is 18.3. The predicted molar refractivity (Wildman–Crippen MR) is 96.3 cm³/mol. The Kier molecular flexibility index (Phi) is 7.99. The second kappa shape index (κ2) is 8.00. The van der Waals surface area contributed by atoms with E-state index in [2.05, 4.69) is 40.1 Å². The van der Waals surface area contributed by atoms with Crippen molar-refractivity contribution in [2.45, 2.75) is 39.0 Å². The highest BCUT2D eigenvalue weighted by Gasteiger charge is 2.52. The Labute approximate surface area is 133 Å². The Balaban J connectivity index is 5.75. The molecule has 0 spiro atoms. The zero-order valence-electron chi connectivity index (χ0n) is 15.0. The third-order valence-electron chi connectivity index (χ3n) is 4.68. The molecule has 4 nitrogen and oxygen atoms in total. The molecule has 0 heterocycles. The van der Waals surface area contributed by atoms with Gasteiger partial charge in [0.2, 0.25) is 0 Å². The van der Waals surface area contributed by atoms with Crippen LogP contribution in [0.5, 0.6) is 0 Å². The van der Waals surface area contributed by atoms with Gasteiger partial charge in [-0.2, -0.15) is 0 Å². The summed E-state index contributed by atoms with van der Waals surface area (Å²) in [4.78, 5) is 2.21. The van der Waals surface area contributed by atoms with Crippen molar-refractivity contribution in [3.8, 4) is 0 Å². The van der Waals surface area contributed by atoms with Crippen LogP contribution in [-0.4, -0.2) is 53.6 Å². The van der Waals surface area contributed by atoms with Gasteiger partial charge in [0, 0.05) is 28.4 Å². The first-order chi connectivity index (χ1) is 9.67. The van der Waals surface area contributed by atoms with E-state index in [0.717, 1.165) is 21.7 Å². The third-order valence-corrected chi connectivity index (χ3v) is 20.1. The van der Waals surface area contributed by atoms with Crippen molar-refractivity contribution in [3.05, 3.63) is 22.8 Å². The molecule has 0 rings (SSSR count). The summed E-state index contributed by atoms with van der Waals surface area (Å²) in [7, 11) is -0.0410. The van der Waals surface area contributed by atoms with E-state index in [1.165, 1.54) is 0 Å². The molecule has 0 saturated carbocycles. The quantitative estimate of drug-likeness (QED) is 0.566. The molecule has 0 aromatic rings. The summed E-state index contributed by atoms with van der Waals surface area (Å²) in [5.74, 6) is 0. The maximum Gasteiger partial charge on any atom is 0.363 e. The monoisotopic (exact) mass is 348 g/mol. The zero-order valence-corrected chi connectivity index (χ0v) is 18.0. The van der Waals surface area contributed by atoms with Gasteiger partial charge in [0.25, 0.3) is 0 Å². The Morgan fingerprint density at radius 1 is 0.714 bits per heavy atom. The van der Waals surface area contributed by atoms with E-state index in [1.807, 2.05) is 0 Å². The summed E-state index contributed by atoms with van der Waals surface area (Å²) in [5, 5.41) is 0. The first-order valence-corrected chi connectivity index (χ1v) is 14.3. The van der Waals surface area contributed by atoms with Crippen molar-refractivity contribution >= 4 is 25.2 Å². The Hall–Kier alpha value is -0.0294. The van der Waals surface area contributed by atoms with Crippen molar-refractivity contribution in [1.29, 1.82) is 0 Å². The molecule has 0 saturated heterocycles. The van der Waals surface area contributed by atoms with E-state index in [9.17, 15) is 0 Å². The second-order valence-electron chi connectivity index (χ2n) is 5.61. The van der Waals surface area contributed by atoms with Crippen LogP contribution < -0.4 is 0 Å². The molecule has 0 radical (unpaired) electrons. The van der Waals surface area contributed by atoms with Crippen molar-refractivity contribution in [1.82, 2.24) is 0 Å². The van der Waals surface area contributed by atoms with Crippen molar-refractivity contribution in [2.24, 2.45) is 0 Å². The molecule has 0 aliphatic rings. The lowest BCUT2D eigenvalue weighted by Crippen LogP contribution is -2.58. The Bertz CT molecular complexity index is 324. The van der Waals surface area contributed by atoms with Crippen molar-refractivity contribution in [2.75, 3.05) is 28.4 Å². The normalized spacial score (nSPS) is 13.3. The smallest absolute Gasteiger partial charge is 0.363 e. The fourth-order valence-corrected chi connectivity index (χ4v) is 17.7. The average molecular weight is 349 g/mol. The third kappa shape index (κ3) is 3.66. The summed E-state index contributed by atoms with van der Waals surface area (Å²) in [5.41, 5.74) is 0. The van der Waals surface area contributed by atoms with Gasteiger partial charge < -0.3 is 17.7 Å². The molecule has 0 amide bonds. The topological polar surface area (TPSA) is 36.9 Å². The number of rotatable bonds is 10. The maximum atomic E-state index is 5.79. The van der Waals surface area contributed by atoms with Crippen LogP contribution in [0.4, 0.5) is 0 Å². The summed E-state index contributed by atoms with van der Waals surface area (Å²) >= 11 is 0. The number of hydrogen-bond donors (Lipinski definition) is 0. The fourth-order valence-electron chi connectivity index (χ4n) is 2.80. The minimum atomic E-state index is -2.42. The van der Waals surface area contributed by atoms with Crippen LogP contribution in [0.2, 0.25) is 25.2 Å². The van der Waals surface area contributed by atoms with Gasteiger partial charge in [-0.3, -0.25) is 0 Å². The van der Waals surface area contributed by atoms with Crippen molar-refractivity contribution < 1.29 is 17.7 Å². The summed E-state index contributed by atoms with van der Waals surface area (Å²) < 4.78 is 23.2. The van der Waals surface area contributed by atoms with E-state index >= 15 is 0 Å². The number of hydrogen-bond acceptors (Lipinski definition) is 4. The maximum absolute atomic E-state index is 5.79. The molecule has 0 aromatic heterocycles. The van der Waals surface area contributed by atoms with Gasteiger partial charge in [0.15, 0.2) is 0 Å². The molecule has 21 heavy (non-hydrogen) atoms. The van der Waals surface area contributed by atoms with Gasteiger partial charge in [-0.25, -0.2) is 0 Å². The van der Waals surface area contributed by atoms with E-state index in [4.69, 9.17) is 17.7 Å². The average Bonchev–Trinajstić information content (AvgIpc) is 2.51. The van der Waals surface area contributed by atoms with E-state index in [1.54, 1.807) is 28.4 Å². The first-order valence-electron chi connectivity index (χ1n) is 7.28. The molecule has 0 atom stereocenters. The first kappa shape index (κ1) is 21.0. The highest BCUT2D eigenvalue weighted by atomic mass is 28.4. The molecule has 0 aromatic carbocycles. The van der Waals surface area contributed by atoms with Crippen LogP contribution >= 0.6 is 0 Å². The van der Waals surface area contributed by atoms with E-state index in [0.29, 0.717) is 0 Å². The zero-order chi connectivity index (χ0) is 16.9. The van der Waals surface area contributed by atoms with Crippen LogP contribution in [0, 0.1) is 0 Å². The molecule has 0 fully saturated rings. The molecule has 124 valence electrons. The van der Waals surface area contributed by atoms with Crippen LogP contribution in [0.15, 0.2) is 22.8 Å². The van der Waals surface area contributed by atoms with E-state index < -0.39 is 25.2 Å². The summed E-state index contributed by atoms with van der Waals surface area (Å²) in [6.07, 6.45) is 0. The van der Waals surface area contributed by atoms with Crippen LogP contribution in [0.25, 0.3) is 0 Å². The van der Waals surface area contributed by atoms with Crippen LogP contribution in [0.1, 0.15) is 13.8 Å². The molecular formula is C14H32O4Si3. The van der Waals surface area contributed by atoms with Gasteiger partial charge in [0.1, 0.15) is 8.07 Å². The standard InChI is InChI=1S/C14H32O4Si3/c1-11-20(15-5,16-6)13(3)19(9,10)14(4)21(12-2,17-7)18-8/h3-4,11-12H2,1-2,5-10H3. The van der Waals surface area contributed by atoms with Crippen LogP contribution in [0.3, 0.4) is 0 Å². The molecule has 0 unspecified atom stereocenters. The molecule has 7 heteroatoms. The summed E-state index contributed by atoms with van der Waals surface area (Å²) in [6.45, 7) is 17.4. The van der Waals surface area contributed by atoms with E-state index in [-0.39, 0.29) is 0 Å². The lowest BCUT2D eigenvalue weighted by atomic mass is 11.0. The van der Waals surface area contributed by atoms with Crippen molar-refractivity contribution in [3.63, 3.8) is 0 Å². The van der Waals surface area contributed by atoms with Gasteiger partial charge in [-0.15, -0.1) is 13.2 Å². The predicted octanol–water partition coefficient (Wildman–Crippen LogP) is 3.47. The lowest BCUT2D eigenvalue weighted by molar-refractivity contribution is 0.254. The molecule has 0 bridgehead atoms. The van der Waals surface area contributed by atoms with Gasteiger partial charge >= 0.3 is 17.1 Å². The van der Waals surface area contributed by atoms with Gasteiger partial charge in [0.05, 0.1) is 0 Å².